The van der Waals surface area contributed by atoms with Gasteiger partial charge in [0.05, 0.1) is 17.1 Å². The lowest BCUT2D eigenvalue weighted by molar-refractivity contribution is 0.0949. The molecule has 0 spiro atoms. The van der Waals surface area contributed by atoms with Crippen LogP contribution in [-0.4, -0.2) is 21.4 Å². The number of nitrogens with zero attached hydrogens (tertiary/aromatic N) is 3. The first kappa shape index (κ1) is 19.5. The molecule has 0 atom stereocenters. The van der Waals surface area contributed by atoms with Crippen LogP contribution in [0.25, 0.3) is 21.5 Å². The van der Waals surface area contributed by atoms with Gasteiger partial charge in [-0.05, 0) is 49.2 Å². The van der Waals surface area contributed by atoms with E-state index >= 15 is 0 Å². The Kier molecular flexibility index (Phi) is 5.14. The highest BCUT2D eigenvalue weighted by atomic mass is 16.2. The Morgan fingerprint density at radius 2 is 1.63 bits per heavy atom. The molecule has 1 heterocycles. The van der Waals surface area contributed by atoms with Gasteiger partial charge in [-0.15, -0.1) is 0 Å². The van der Waals surface area contributed by atoms with E-state index in [9.17, 15) is 9.59 Å². The van der Waals surface area contributed by atoms with Gasteiger partial charge in [0.15, 0.2) is 5.69 Å². The van der Waals surface area contributed by atoms with Gasteiger partial charge in [-0.3, -0.25) is 9.59 Å². The third kappa shape index (κ3) is 3.59. The summed E-state index contributed by atoms with van der Waals surface area (Å²) in [7, 11) is 0. The van der Waals surface area contributed by atoms with E-state index in [0.29, 0.717) is 16.5 Å². The van der Waals surface area contributed by atoms with E-state index in [4.69, 9.17) is 0 Å². The fraction of sp³-hybridized carbons (Fsp3) is 0.167. The lowest BCUT2D eigenvalue weighted by Crippen LogP contribution is -2.30. The summed E-state index contributed by atoms with van der Waals surface area (Å²) < 4.78 is 1.33. The lowest BCUT2D eigenvalue weighted by atomic mass is 10.0. The third-order valence-corrected chi connectivity index (χ3v) is 5.03. The summed E-state index contributed by atoms with van der Waals surface area (Å²) in [6.45, 7) is 5.55. The average Bonchev–Trinajstić information content (AvgIpc) is 2.77. The van der Waals surface area contributed by atoms with Crippen LogP contribution in [0.2, 0.25) is 0 Å². The minimum Gasteiger partial charge on any atom is -0.267 e. The van der Waals surface area contributed by atoms with Gasteiger partial charge in [0.1, 0.15) is 0 Å². The second kappa shape index (κ2) is 7.91. The Hall–Kier alpha value is -3.80. The number of fused-ring (bicyclic) bond motifs is 2. The maximum Gasteiger partial charge on any atom is 0.292 e. The number of benzene rings is 3. The molecule has 0 saturated heterocycles. The number of hydrazone groups is 1. The Bertz CT molecular complexity index is 1350. The van der Waals surface area contributed by atoms with Gasteiger partial charge < -0.3 is 0 Å². The normalized spacial score (nSPS) is 11.9. The standard InChI is InChI=1S/C24H22N4O2/c1-15(2)28-24(30)21-11-7-6-10-20(21)22(27-28)23(29)26-25-16(3)18-13-12-17-8-4-5-9-19(17)14-18/h4-15H,1-3H3,(H,26,29)/b25-16+. The number of carbonyl (C=O) groups is 1. The van der Waals surface area contributed by atoms with Crippen LogP contribution in [0.3, 0.4) is 0 Å². The molecule has 0 bridgehead atoms. The molecule has 0 aliphatic carbocycles. The molecule has 0 saturated carbocycles. The van der Waals surface area contributed by atoms with Crippen molar-refractivity contribution in [3.05, 3.63) is 88.3 Å². The van der Waals surface area contributed by atoms with Crippen LogP contribution in [0.1, 0.15) is 42.9 Å². The summed E-state index contributed by atoms with van der Waals surface area (Å²) in [5.74, 6) is -0.458. The smallest absolute Gasteiger partial charge is 0.267 e. The Labute approximate surface area is 173 Å². The number of carbonyl (C=O) groups excluding carboxylic acids is 1. The van der Waals surface area contributed by atoms with Crippen LogP contribution in [0.4, 0.5) is 0 Å². The molecule has 6 heteroatoms. The van der Waals surface area contributed by atoms with Crippen molar-refractivity contribution in [2.24, 2.45) is 5.10 Å². The first-order valence-corrected chi connectivity index (χ1v) is 9.81. The van der Waals surface area contributed by atoms with Crippen molar-refractivity contribution in [3.63, 3.8) is 0 Å². The topological polar surface area (TPSA) is 76.3 Å². The van der Waals surface area contributed by atoms with Crippen LogP contribution >= 0.6 is 0 Å². The maximum atomic E-state index is 12.9. The summed E-state index contributed by atoms with van der Waals surface area (Å²) >= 11 is 0. The summed E-state index contributed by atoms with van der Waals surface area (Å²) in [5, 5.41) is 11.8. The highest BCUT2D eigenvalue weighted by molar-refractivity contribution is 6.06. The van der Waals surface area contributed by atoms with Crippen LogP contribution in [-0.2, 0) is 0 Å². The maximum absolute atomic E-state index is 12.9. The summed E-state index contributed by atoms with van der Waals surface area (Å²) in [5.41, 5.74) is 4.15. The van der Waals surface area contributed by atoms with Crippen LogP contribution < -0.4 is 11.0 Å². The predicted octanol–water partition coefficient (Wildman–Crippen LogP) is 4.28. The van der Waals surface area contributed by atoms with Crippen molar-refractivity contribution in [1.29, 1.82) is 0 Å². The molecule has 4 aromatic rings. The molecule has 1 aromatic heterocycles. The molecule has 3 aromatic carbocycles. The van der Waals surface area contributed by atoms with Crippen LogP contribution in [0.5, 0.6) is 0 Å². The molecule has 0 radical (unpaired) electrons. The van der Waals surface area contributed by atoms with E-state index in [-0.39, 0.29) is 17.3 Å². The molecule has 4 rings (SSSR count). The molecular weight excluding hydrogens is 376 g/mol. The lowest BCUT2D eigenvalue weighted by Gasteiger charge is -2.12. The molecule has 0 fully saturated rings. The summed E-state index contributed by atoms with van der Waals surface area (Å²) in [6.07, 6.45) is 0. The Balaban J connectivity index is 1.68. The van der Waals surface area contributed by atoms with Crippen molar-refractivity contribution < 1.29 is 4.79 Å². The number of rotatable bonds is 4. The van der Waals surface area contributed by atoms with Gasteiger partial charge in [-0.25, -0.2) is 10.1 Å². The van der Waals surface area contributed by atoms with Gasteiger partial charge in [-0.2, -0.15) is 10.2 Å². The third-order valence-electron chi connectivity index (χ3n) is 5.03. The average molecular weight is 398 g/mol. The second-order valence-electron chi connectivity index (χ2n) is 7.44. The van der Waals surface area contributed by atoms with E-state index in [2.05, 4.69) is 15.6 Å². The first-order chi connectivity index (χ1) is 14.5. The molecule has 30 heavy (non-hydrogen) atoms. The summed E-state index contributed by atoms with van der Waals surface area (Å²) in [4.78, 5) is 25.5. The van der Waals surface area contributed by atoms with Gasteiger partial charge >= 0.3 is 0 Å². The summed E-state index contributed by atoms with van der Waals surface area (Å²) in [6, 6.07) is 20.9. The van der Waals surface area contributed by atoms with Crippen molar-refractivity contribution in [1.82, 2.24) is 15.2 Å². The first-order valence-electron chi connectivity index (χ1n) is 9.81. The SMILES string of the molecule is C/C(=N\NC(=O)c1nn(C(C)C)c(=O)c2ccccc12)c1ccc2ccccc2c1. The van der Waals surface area contributed by atoms with Crippen molar-refractivity contribution in [2.75, 3.05) is 0 Å². The van der Waals surface area contributed by atoms with Crippen molar-refractivity contribution in [3.8, 4) is 0 Å². The molecule has 0 aliphatic rings. The number of hydrogen-bond acceptors (Lipinski definition) is 4. The fourth-order valence-corrected chi connectivity index (χ4v) is 3.39. The van der Waals surface area contributed by atoms with E-state index < -0.39 is 5.91 Å². The second-order valence-corrected chi connectivity index (χ2v) is 7.44. The van der Waals surface area contributed by atoms with Crippen molar-refractivity contribution >= 4 is 33.2 Å². The monoisotopic (exact) mass is 398 g/mol. The minimum absolute atomic E-state index is 0.170. The Morgan fingerprint density at radius 1 is 0.967 bits per heavy atom. The Morgan fingerprint density at radius 3 is 2.37 bits per heavy atom. The molecule has 1 N–H and O–H groups in total. The van der Waals surface area contributed by atoms with Gasteiger partial charge in [-0.1, -0.05) is 54.6 Å². The van der Waals surface area contributed by atoms with Crippen LogP contribution in [0, 0.1) is 0 Å². The van der Waals surface area contributed by atoms with E-state index in [1.807, 2.05) is 63.2 Å². The number of nitrogens with one attached hydrogen (secondary N) is 1. The largest absolute Gasteiger partial charge is 0.292 e. The number of aromatic nitrogens is 2. The van der Waals surface area contributed by atoms with Gasteiger partial charge in [0, 0.05) is 5.39 Å². The molecule has 0 aliphatic heterocycles. The molecular formula is C24H22N4O2. The predicted molar refractivity (Wildman–Crippen MR) is 120 cm³/mol. The van der Waals surface area contributed by atoms with Gasteiger partial charge in [0.25, 0.3) is 11.5 Å². The zero-order chi connectivity index (χ0) is 21.3. The number of amides is 1. The zero-order valence-corrected chi connectivity index (χ0v) is 17.1. The fourth-order valence-electron chi connectivity index (χ4n) is 3.39. The molecule has 1 amide bonds. The zero-order valence-electron chi connectivity index (χ0n) is 17.1. The highest BCUT2D eigenvalue weighted by Gasteiger charge is 2.17. The minimum atomic E-state index is -0.458. The quantitative estimate of drug-likeness (QED) is 0.412. The van der Waals surface area contributed by atoms with Crippen molar-refractivity contribution in [2.45, 2.75) is 26.8 Å². The van der Waals surface area contributed by atoms with E-state index in [0.717, 1.165) is 16.3 Å². The highest BCUT2D eigenvalue weighted by Crippen LogP contribution is 2.17. The molecule has 6 nitrogen and oxygen atoms in total. The number of hydrogen-bond donors (Lipinski definition) is 1. The van der Waals surface area contributed by atoms with E-state index in [1.165, 1.54) is 4.68 Å². The molecule has 0 unspecified atom stereocenters. The van der Waals surface area contributed by atoms with Crippen LogP contribution in [0.15, 0.2) is 76.6 Å². The van der Waals surface area contributed by atoms with Gasteiger partial charge in [0.2, 0.25) is 0 Å². The molecule has 150 valence electrons. The van der Waals surface area contributed by atoms with E-state index in [1.54, 1.807) is 24.3 Å².